The van der Waals surface area contributed by atoms with Crippen LogP contribution in [-0.2, 0) is 9.59 Å². The smallest absolute Gasteiger partial charge is 0.335 e. The van der Waals surface area contributed by atoms with Gasteiger partial charge in [-0.2, -0.15) is 0 Å². The molecule has 7 nitrogen and oxygen atoms in total. The molecule has 1 aliphatic heterocycles. The second-order valence-electron chi connectivity index (χ2n) is 7.93. The second-order valence-corrected chi connectivity index (χ2v) is 8.92. The molecule has 0 radical (unpaired) electrons. The first kappa shape index (κ1) is 22.4. The largest absolute Gasteiger partial charge is 0.478 e. The molecule has 172 valence electrons. The number of amides is 3. The third kappa shape index (κ3) is 4.39. The number of nitrogens with one attached hydrogen (secondary N) is 1. The zero-order valence-electron chi connectivity index (χ0n) is 18.2. The van der Waals surface area contributed by atoms with Gasteiger partial charge in [-0.15, -0.1) is 0 Å². The topological polar surface area (TPSA) is 104 Å². The highest BCUT2D eigenvalue weighted by Gasteiger charge is 2.36. The molecule has 8 heteroatoms. The number of nitrogens with zero attached hydrogens (tertiary/aromatic N) is 1. The molecule has 4 aromatic carbocycles. The fourth-order valence-electron chi connectivity index (χ4n) is 4.01. The highest BCUT2D eigenvalue weighted by Crippen LogP contribution is 2.36. The summed E-state index contributed by atoms with van der Waals surface area (Å²) in [6.45, 7) is -0.445. The second kappa shape index (κ2) is 9.08. The molecular formula is C27H18N2O5S. The van der Waals surface area contributed by atoms with Crippen LogP contribution in [0.25, 0.3) is 27.6 Å². The van der Waals surface area contributed by atoms with E-state index in [0.29, 0.717) is 5.69 Å². The lowest BCUT2D eigenvalue weighted by atomic mass is 9.96. The Kier molecular flexibility index (Phi) is 5.80. The molecule has 0 unspecified atom stereocenters. The molecule has 0 atom stereocenters. The maximum Gasteiger partial charge on any atom is 0.335 e. The number of carboxylic acids is 1. The minimum absolute atomic E-state index is 0.0834. The van der Waals surface area contributed by atoms with Gasteiger partial charge in [-0.3, -0.25) is 19.3 Å². The Morgan fingerprint density at radius 3 is 2.09 bits per heavy atom. The molecule has 4 aromatic rings. The van der Waals surface area contributed by atoms with Crippen molar-refractivity contribution in [2.45, 2.75) is 0 Å². The first-order chi connectivity index (χ1) is 16.9. The molecule has 1 saturated heterocycles. The van der Waals surface area contributed by atoms with Gasteiger partial charge in [-0.05, 0) is 75.3 Å². The Morgan fingerprint density at radius 1 is 0.886 bits per heavy atom. The summed E-state index contributed by atoms with van der Waals surface area (Å²) in [4.78, 5) is 50.3. The third-order valence-corrected chi connectivity index (χ3v) is 6.59. The van der Waals surface area contributed by atoms with E-state index in [1.54, 1.807) is 6.08 Å². The number of imide groups is 1. The summed E-state index contributed by atoms with van der Waals surface area (Å²) < 4.78 is 0. The Hall–Kier alpha value is -4.43. The molecule has 5 rings (SSSR count). The quantitative estimate of drug-likeness (QED) is 0.293. The van der Waals surface area contributed by atoms with Crippen LogP contribution in [0.2, 0.25) is 0 Å². The fourth-order valence-corrected chi connectivity index (χ4v) is 4.83. The van der Waals surface area contributed by atoms with Gasteiger partial charge in [-0.25, -0.2) is 4.79 Å². The van der Waals surface area contributed by atoms with E-state index in [4.69, 9.17) is 5.11 Å². The van der Waals surface area contributed by atoms with Gasteiger partial charge in [0.2, 0.25) is 5.91 Å². The van der Waals surface area contributed by atoms with Crippen LogP contribution in [0.15, 0.2) is 83.8 Å². The Morgan fingerprint density at radius 2 is 1.49 bits per heavy atom. The monoisotopic (exact) mass is 482 g/mol. The van der Waals surface area contributed by atoms with Crippen LogP contribution in [0, 0.1) is 0 Å². The normalized spacial score (nSPS) is 14.7. The first-order valence-electron chi connectivity index (χ1n) is 10.7. The SMILES string of the molecule is O=C(CN1C(=O)S/C(=C\c2c3ccccc3cc3ccccc23)C1=O)Nc1ccc(C(=O)O)cc1. The number of carbonyl (C=O) groups excluding carboxylic acids is 3. The van der Waals surface area contributed by atoms with Gasteiger partial charge in [0.25, 0.3) is 11.1 Å². The predicted octanol–water partition coefficient (Wildman–Crippen LogP) is 5.37. The molecule has 2 N–H and O–H groups in total. The molecule has 1 fully saturated rings. The van der Waals surface area contributed by atoms with E-state index < -0.39 is 29.6 Å². The molecular weight excluding hydrogens is 464 g/mol. The van der Waals surface area contributed by atoms with Gasteiger partial charge >= 0.3 is 5.97 Å². The van der Waals surface area contributed by atoms with Crippen LogP contribution in [0.1, 0.15) is 15.9 Å². The van der Waals surface area contributed by atoms with Crippen LogP contribution in [0.5, 0.6) is 0 Å². The van der Waals surface area contributed by atoms with Crippen molar-refractivity contribution in [3.05, 3.63) is 94.9 Å². The highest BCUT2D eigenvalue weighted by atomic mass is 32.2. The number of thioether (sulfide) groups is 1. The van der Waals surface area contributed by atoms with E-state index in [2.05, 4.69) is 11.4 Å². The van der Waals surface area contributed by atoms with Crippen molar-refractivity contribution in [2.24, 2.45) is 0 Å². The minimum atomic E-state index is -1.08. The van der Waals surface area contributed by atoms with E-state index in [0.717, 1.165) is 43.8 Å². The van der Waals surface area contributed by atoms with E-state index in [-0.39, 0.29) is 10.5 Å². The lowest BCUT2D eigenvalue weighted by Crippen LogP contribution is -2.36. The van der Waals surface area contributed by atoms with E-state index in [1.165, 1.54) is 24.3 Å². The predicted molar refractivity (Wildman–Crippen MR) is 136 cm³/mol. The standard InChI is InChI=1S/C27H18N2O5S/c30-24(28-19-11-9-16(10-12-19)26(32)33)15-29-25(31)23(35-27(29)34)14-22-20-7-3-1-5-17(20)13-18-6-2-4-8-21(18)22/h1-14H,15H2,(H,28,30)(H,32,33)/b23-14-. The molecule has 0 aliphatic carbocycles. The Bertz CT molecular complexity index is 1510. The van der Waals surface area contributed by atoms with Crippen molar-refractivity contribution < 1.29 is 24.3 Å². The summed E-state index contributed by atoms with van der Waals surface area (Å²) in [5.74, 6) is -2.17. The van der Waals surface area contributed by atoms with E-state index >= 15 is 0 Å². The van der Waals surface area contributed by atoms with Crippen LogP contribution < -0.4 is 5.32 Å². The number of rotatable bonds is 5. The Labute approximate surface area is 204 Å². The number of anilines is 1. The Balaban J connectivity index is 1.41. The number of benzene rings is 4. The van der Waals surface area contributed by atoms with Gasteiger partial charge in [0.1, 0.15) is 6.54 Å². The summed E-state index contributed by atoms with van der Waals surface area (Å²) >= 11 is 0.800. The fraction of sp³-hybridized carbons (Fsp3) is 0.0370. The van der Waals surface area contributed by atoms with Crippen LogP contribution in [0.3, 0.4) is 0 Å². The maximum atomic E-state index is 13.1. The average Bonchev–Trinajstić information content (AvgIpc) is 3.11. The summed E-state index contributed by atoms with van der Waals surface area (Å²) in [6.07, 6.45) is 1.72. The zero-order chi connectivity index (χ0) is 24.5. The number of carbonyl (C=O) groups is 4. The van der Waals surface area contributed by atoms with Gasteiger partial charge < -0.3 is 10.4 Å². The zero-order valence-corrected chi connectivity index (χ0v) is 19.0. The number of hydrogen-bond donors (Lipinski definition) is 2. The summed E-state index contributed by atoms with van der Waals surface area (Å²) in [6, 6.07) is 23.4. The van der Waals surface area contributed by atoms with Gasteiger partial charge in [0, 0.05) is 5.69 Å². The molecule has 1 aliphatic rings. The summed E-state index contributed by atoms with van der Waals surface area (Å²) in [5, 5.41) is 15.0. The van der Waals surface area contributed by atoms with E-state index in [9.17, 15) is 19.2 Å². The first-order valence-corrected chi connectivity index (χ1v) is 11.5. The van der Waals surface area contributed by atoms with Gasteiger partial charge in [0.15, 0.2) is 0 Å². The summed E-state index contributed by atoms with van der Waals surface area (Å²) in [5.41, 5.74) is 1.29. The van der Waals surface area contributed by atoms with Crippen LogP contribution in [0.4, 0.5) is 10.5 Å². The van der Waals surface area contributed by atoms with Crippen LogP contribution >= 0.6 is 11.8 Å². The number of hydrogen-bond acceptors (Lipinski definition) is 5. The number of carboxylic acid groups (broad SMARTS) is 1. The minimum Gasteiger partial charge on any atom is -0.478 e. The third-order valence-electron chi connectivity index (χ3n) is 5.68. The number of aromatic carboxylic acids is 1. The maximum absolute atomic E-state index is 13.1. The molecule has 1 heterocycles. The molecule has 0 aromatic heterocycles. The lowest BCUT2D eigenvalue weighted by molar-refractivity contribution is -0.127. The van der Waals surface area contributed by atoms with Crippen molar-refractivity contribution in [1.29, 1.82) is 0 Å². The van der Waals surface area contributed by atoms with E-state index in [1.807, 2.05) is 48.5 Å². The summed E-state index contributed by atoms with van der Waals surface area (Å²) in [7, 11) is 0. The molecule has 0 bridgehead atoms. The number of fused-ring (bicyclic) bond motifs is 2. The van der Waals surface area contributed by atoms with Crippen molar-refractivity contribution >= 4 is 68.1 Å². The molecule has 0 spiro atoms. The highest BCUT2D eigenvalue weighted by molar-refractivity contribution is 8.18. The van der Waals surface area contributed by atoms with Crippen molar-refractivity contribution in [2.75, 3.05) is 11.9 Å². The molecule has 0 saturated carbocycles. The molecule has 3 amide bonds. The van der Waals surface area contributed by atoms with Crippen molar-refractivity contribution in [3.63, 3.8) is 0 Å². The van der Waals surface area contributed by atoms with Crippen LogP contribution in [-0.4, -0.2) is 39.6 Å². The molecule has 35 heavy (non-hydrogen) atoms. The van der Waals surface area contributed by atoms with Gasteiger partial charge in [-0.1, -0.05) is 48.5 Å². The van der Waals surface area contributed by atoms with Crippen molar-refractivity contribution in [1.82, 2.24) is 4.90 Å². The average molecular weight is 483 g/mol. The lowest BCUT2D eigenvalue weighted by Gasteiger charge is -2.12. The van der Waals surface area contributed by atoms with Gasteiger partial charge in [0.05, 0.1) is 10.5 Å². The van der Waals surface area contributed by atoms with Crippen molar-refractivity contribution in [3.8, 4) is 0 Å².